The summed E-state index contributed by atoms with van der Waals surface area (Å²) in [5.41, 5.74) is 3.37. The van der Waals surface area contributed by atoms with Crippen molar-refractivity contribution in [3.8, 4) is 0 Å². The zero-order chi connectivity index (χ0) is 12.0. The third-order valence-electron chi connectivity index (χ3n) is 3.68. The summed E-state index contributed by atoms with van der Waals surface area (Å²) in [7, 11) is 2.05. The van der Waals surface area contributed by atoms with Crippen LogP contribution in [-0.2, 0) is 17.4 Å². The minimum Gasteiger partial charge on any atom is -0.350 e. The maximum Gasteiger partial charge on any atom is 0.235 e. The summed E-state index contributed by atoms with van der Waals surface area (Å²) in [6.07, 6.45) is 5.69. The standard InChI is InChI=1S/C14H14N2O/c1-10-7-12(14(4-5-14)15-9-17)8-11-3-6-16(2)13(10)11/h3,6-8H,4-5H2,1-2H3. The fourth-order valence-electron chi connectivity index (χ4n) is 2.62. The number of rotatable bonds is 2. The van der Waals surface area contributed by atoms with Gasteiger partial charge in [-0.2, -0.15) is 4.99 Å². The van der Waals surface area contributed by atoms with Crippen LogP contribution in [0.15, 0.2) is 29.4 Å². The van der Waals surface area contributed by atoms with Crippen LogP contribution in [0.5, 0.6) is 0 Å². The molecule has 17 heavy (non-hydrogen) atoms. The van der Waals surface area contributed by atoms with E-state index in [9.17, 15) is 4.79 Å². The third-order valence-corrected chi connectivity index (χ3v) is 3.68. The second-order valence-electron chi connectivity index (χ2n) is 4.89. The molecule has 0 unspecified atom stereocenters. The maximum absolute atomic E-state index is 10.5. The lowest BCUT2D eigenvalue weighted by Crippen LogP contribution is -2.03. The smallest absolute Gasteiger partial charge is 0.235 e. The normalized spacial score (nSPS) is 16.8. The molecule has 0 radical (unpaired) electrons. The predicted octanol–water partition coefficient (Wildman–Crippen LogP) is 2.81. The van der Waals surface area contributed by atoms with E-state index in [2.05, 4.69) is 40.9 Å². The summed E-state index contributed by atoms with van der Waals surface area (Å²) < 4.78 is 2.12. The molecule has 0 amide bonds. The monoisotopic (exact) mass is 226 g/mol. The Morgan fingerprint density at radius 1 is 1.41 bits per heavy atom. The maximum atomic E-state index is 10.5. The fourth-order valence-corrected chi connectivity index (χ4v) is 2.62. The van der Waals surface area contributed by atoms with Crippen LogP contribution < -0.4 is 0 Å². The third kappa shape index (κ3) is 1.43. The van der Waals surface area contributed by atoms with Gasteiger partial charge in [0.15, 0.2) is 0 Å². The molecule has 0 bridgehead atoms. The number of isocyanates is 1. The molecule has 1 aromatic heterocycles. The molecule has 3 heteroatoms. The average Bonchev–Trinajstić information content (AvgIpc) is 2.98. The number of fused-ring (bicyclic) bond motifs is 1. The van der Waals surface area contributed by atoms with Crippen LogP contribution in [0.2, 0.25) is 0 Å². The van der Waals surface area contributed by atoms with Crippen LogP contribution in [0, 0.1) is 6.92 Å². The molecule has 0 spiro atoms. The molecule has 0 saturated heterocycles. The van der Waals surface area contributed by atoms with Gasteiger partial charge in [0.2, 0.25) is 6.08 Å². The van der Waals surface area contributed by atoms with Crippen molar-refractivity contribution in [2.24, 2.45) is 12.0 Å². The summed E-state index contributed by atoms with van der Waals surface area (Å²) in [6.45, 7) is 2.10. The highest BCUT2D eigenvalue weighted by atomic mass is 16.1. The van der Waals surface area contributed by atoms with Gasteiger partial charge in [0.05, 0.1) is 11.1 Å². The molecule has 1 aliphatic rings. The van der Waals surface area contributed by atoms with E-state index < -0.39 is 0 Å². The van der Waals surface area contributed by atoms with E-state index >= 15 is 0 Å². The van der Waals surface area contributed by atoms with Crippen molar-refractivity contribution in [3.63, 3.8) is 0 Å². The molecule has 0 N–H and O–H groups in total. The summed E-state index contributed by atoms with van der Waals surface area (Å²) in [5.74, 6) is 0. The summed E-state index contributed by atoms with van der Waals surface area (Å²) in [6, 6.07) is 6.40. The van der Waals surface area contributed by atoms with Gasteiger partial charge in [0.1, 0.15) is 0 Å². The molecule has 1 saturated carbocycles. The number of nitrogens with zero attached hydrogens (tertiary/aromatic N) is 2. The van der Waals surface area contributed by atoms with Crippen LogP contribution >= 0.6 is 0 Å². The van der Waals surface area contributed by atoms with E-state index in [1.165, 1.54) is 16.5 Å². The zero-order valence-electron chi connectivity index (χ0n) is 10.0. The Morgan fingerprint density at radius 2 is 2.18 bits per heavy atom. The molecule has 3 rings (SSSR count). The van der Waals surface area contributed by atoms with Gasteiger partial charge in [0.25, 0.3) is 0 Å². The first kappa shape index (κ1) is 10.3. The van der Waals surface area contributed by atoms with Crippen molar-refractivity contribution < 1.29 is 4.79 Å². The van der Waals surface area contributed by atoms with Gasteiger partial charge in [-0.05, 0) is 43.0 Å². The van der Waals surface area contributed by atoms with Crippen molar-refractivity contribution in [2.45, 2.75) is 25.3 Å². The summed E-state index contributed by atoms with van der Waals surface area (Å²) >= 11 is 0. The van der Waals surface area contributed by atoms with Crippen LogP contribution in [-0.4, -0.2) is 10.6 Å². The number of hydrogen-bond acceptors (Lipinski definition) is 2. The van der Waals surface area contributed by atoms with Gasteiger partial charge < -0.3 is 4.57 Å². The second kappa shape index (κ2) is 3.31. The Bertz CT molecular complexity index is 644. The summed E-state index contributed by atoms with van der Waals surface area (Å²) in [4.78, 5) is 14.5. The lowest BCUT2D eigenvalue weighted by molar-refractivity contribution is 0.556. The molecule has 86 valence electrons. The van der Waals surface area contributed by atoms with E-state index in [1.807, 2.05) is 7.05 Å². The lowest BCUT2D eigenvalue weighted by Gasteiger charge is -2.11. The number of benzene rings is 1. The van der Waals surface area contributed by atoms with Gasteiger partial charge in [-0.3, -0.25) is 0 Å². The summed E-state index contributed by atoms with van der Waals surface area (Å²) in [5, 5.41) is 1.22. The average molecular weight is 226 g/mol. The Kier molecular flexibility index (Phi) is 2.01. The van der Waals surface area contributed by atoms with Crippen molar-refractivity contribution in [2.75, 3.05) is 0 Å². The second-order valence-corrected chi connectivity index (χ2v) is 4.89. The highest BCUT2D eigenvalue weighted by Crippen LogP contribution is 2.50. The van der Waals surface area contributed by atoms with E-state index in [0.29, 0.717) is 0 Å². The molecule has 1 aliphatic carbocycles. The van der Waals surface area contributed by atoms with E-state index in [-0.39, 0.29) is 5.54 Å². The van der Waals surface area contributed by atoms with Crippen LogP contribution in [0.3, 0.4) is 0 Å². The topological polar surface area (TPSA) is 34.4 Å². The minimum atomic E-state index is -0.267. The number of aliphatic imine (C=N–C) groups is 1. The quantitative estimate of drug-likeness (QED) is 0.572. The van der Waals surface area contributed by atoms with E-state index in [4.69, 9.17) is 0 Å². The SMILES string of the molecule is Cc1cc(C2(N=C=O)CC2)cc2ccn(C)c12. The molecule has 1 heterocycles. The van der Waals surface area contributed by atoms with Crippen molar-refractivity contribution in [1.29, 1.82) is 0 Å². The van der Waals surface area contributed by atoms with E-state index in [1.54, 1.807) is 6.08 Å². The number of aryl methyl sites for hydroxylation is 2. The molecule has 1 fully saturated rings. The Hall–Kier alpha value is -1.86. The van der Waals surface area contributed by atoms with Crippen LogP contribution in [0.4, 0.5) is 0 Å². The van der Waals surface area contributed by atoms with Crippen molar-refractivity contribution in [3.05, 3.63) is 35.5 Å². The highest BCUT2D eigenvalue weighted by Gasteiger charge is 2.45. The highest BCUT2D eigenvalue weighted by molar-refractivity contribution is 5.84. The van der Waals surface area contributed by atoms with Gasteiger partial charge in [0, 0.05) is 18.6 Å². The molecule has 3 nitrogen and oxygen atoms in total. The fraction of sp³-hybridized carbons (Fsp3) is 0.357. The van der Waals surface area contributed by atoms with E-state index in [0.717, 1.165) is 18.4 Å². The zero-order valence-corrected chi connectivity index (χ0v) is 10.0. The number of carbonyl (C=O) groups excluding carboxylic acids is 1. The molecular formula is C14H14N2O. The molecule has 0 atom stereocenters. The van der Waals surface area contributed by atoms with Crippen LogP contribution in [0.25, 0.3) is 10.9 Å². The first-order valence-corrected chi connectivity index (χ1v) is 5.81. The predicted molar refractivity (Wildman–Crippen MR) is 66.7 cm³/mol. The van der Waals surface area contributed by atoms with Crippen molar-refractivity contribution >= 4 is 17.0 Å². The van der Waals surface area contributed by atoms with Crippen molar-refractivity contribution in [1.82, 2.24) is 4.57 Å². The molecule has 0 aliphatic heterocycles. The Labute approximate surface area is 99.8 Å². The Morgan fingerprint density at radius 3 is 2.82 bits per heavy atom. The molecule has 1 aromatic carbocycles. The number of aromatic nitrogens is 1. The first-order valence-electron chi connectivity index (χ1n) is 5.81. The van der Waals surface area contributed by atoms with Gasteiger partial charge in [-0.15, -0.1) is 0 Å². The molecular weight excluding hydrogens is 212 g/mol. The largest absolute Gasteiger partial charge is 0.350 e. The van der Waals surface area contributed by atoms with Crippen LogP contribution in [0.1, 0.15) is 24.0 Å². The number of hydrogen-bond donors (Lipinski definition) is 0. The Balaban J connectivity index is 2.23. The van der Waals surface area contributed by atoms with Gasteiger partial charge in [-0.1, -0.05) is 6.07 Å². The lowest BCUT2D eigenvalue weighted by atomic mass is 10.0. The van der Waals surface area contributed by atoms with Gasteiger partial charge >= 0.3 is 0 Å². The molecule has 2 aromatic rings. The minimum absolute atomic E-state index is 0.267. The van der Waals surface area contributed by atoms with Gasteiger partial charge in [-0.25, -0.2) is 4.79 Å². The first-order chi connectivity index (χ1) is 8.16.